The van der Waals surface area contributed by atoms with E-state index < -0.39 is 10.0 Å². The first-order valence-electron chi connectivity index (χ1n) is 5.99. The molecule has 1 rings (SSSR count). The molecule has 0 aliphatic rings. The fraction of sp³-hybridized carbons (Fsp3) is 0.417. The van der Waals surface area contributed by atoms with Crippen molar-refractivity contribution in [2.45, 2.75) is 31.2 Å². The minimum atomic E-state index is -3.70. The zero-order valence-electron chi connectivity index (χ0n) is 11.0. The van der Waals surface area contributed by atoms with Crippen LogP contribution in [0, 0.1) is 0 Å². The van der Waals surface area contributed by atoms with Gasteiger partial charge in [-0.3, -0.25) is 4.79 Å². The molecular weight excluding hydrogens is 266 g/mol. The number of nitrogens with two attached hydrogens (primary N) is 1. The largest absolute Gasteiger partial charge is 0.325 e. The molecule has 0 fully saturated rings. The van der Waals surface area contributed by atoms with Crippen molar-refractivity contribution >= 4 is 21.6 Å². The third-order valence-electron chi connectivity index (χ3n) is 2.69. The monoisotopic (exact) mass is 285 g/mol. The van der Waals surface area contributed by atoms with Crippen LogP contribution in [-0.4, -0.2) is 26.9 Å². The van der Waals surface area contributed by atoms with Crippen LogP contribution in [0.25, 0.3) is 0 Å². The van der Waals surface area contributed by atoms with Crippen LogP contribution in [0.3, 0.4) is 0 Å². The van der Waals surface area contributed by atoms with Crippen molar-refractivity contribution in [1.29, 1.82) is 0 Å². The highest BCUT2D eigenvalue weighted by Gasteiger charge is 2.08. The standard InChI is InChI=1S/C12H19N3O3S/c1-3-9(2)14-8-12(16)15-10-4-6-11(7-5-10)19(13,17)18/h4-7,9,14H,3,8H2,1-2H3,(H,15,16)(H2,13,17,18)/t9-/m1/s1. The number of anilines is 1. The number of carbonyl (C=O) groups excluding carboxylic acids is 1. The predicted octanol–water partition coefficient (Wildman–Crippen LogP) is 0.661. The minimum Gasteiger partial charge on any atom is -0.325 e. The topological polar surface area (TPSA) is 101 Å². The second-order valence-corrected chi connectivity index (χ2v) is 5.87. The first kappa shape index (κ1) is 15.6. The third-order valence-corrected chi connectivity index (χ3v) is 3.62. The summed E-state index contributed by atoms with van der Waals surface area (Å²) in [5.41, 5.74) is 0.531. The minimum absolute atomic E-state index is 0.0169. The summed E-state index contributed by atoms with van der Waals surface area (Å²) in [5, 5.41) is 10.7. The molecule has 0 bridgehead atoms. The van der Waals surface area contributed by atoms with Gasteiger partial charge in [-0.15, -0.1) is 0 Å². The van der Waals surface area contributed by atoms with E-state index in [0.717, 1.165) is 6.42 Å². The fourth-order valence-corrected chi connectivity index (χ4v) is 1.86. The number of amides is 1. The third kappa shape index (κ3) is 5.37. The van der Waals surface area contributed by atoms with Crippen LogP contribution < -0.4 is 15.8 Å². The fourth-order valence-electron chi connectivity index (χ4n) is 1.34. The number of rotatable bonds is 6. The van der Waals surface area contributed by atoms with E-state index in [9.17, 15) is 13.2 Å². The summed E-state index contributed by atoms with van der Waals surface area (Å²) < 4.78 is 22.1. The Morgan fingerprint density at radius 3 is 2.37 bits per heavy atom. The smallest absolute Gasteiger partial charge is 0.238 e. The van der Waals surface area contributed by atoms with Crippen molar-refractivity contribution in [1.82, 2.24) is 5.32 Å². The van der Waals surface area contributed by atoms with Gasteiger partial charge in [-0.05, 0) is 37.6 Å². The summed E-state index contributed by atoms with van der Waals surface area (Å²) in [6, 6.07) is 5.98. The van der Waals surface area contributed by atoms with E-state index in [2.05, 4.69) is 10.6 Å². The summed E-state index contributed by atoms with van der Waals surface area (Å²) in [6.45, 7) is 4.24. The van der Waals surface area contributed by atoms with Crippen molar-refractivity contribution < 1.29 is 13.2 Å². The van der Waals surface area contributed by atoms with Gasteiger partial charge in [0.15, 0.2) is 0 Å². The maximum atomic E-state index is 11.6. The molecule has 0 aliphatic carbocycles. The van der Waals surface area contributed by atoms with Crippen LogP contribution in [0.5, 0.6) is 0 Å². The van der Waals surface area contributed by atoms with Gasteiger partial charge < -0.3 is 10.6 Å². The molecule has 1 amide bonds. The normalized spacial score (nSPS) is 13.0. The average molecular weight is 285 g/mol. The molecule has 0 aliphatic heterocycles. The van der Waals surface area contributed by atoms with Crippen LogP contribution >= 0.6 is 0 Å². The van der Waals surface area contributed by atoms with Gasteiger partial charge in [0.25, 0.3) is 0 Å². The summed E-state index contributed by atoms with van der Waals surface area (Å²) in [4.78, 5) is 11.6. The van der Waals surface area contributed by atoms with E-state index in [4.69, 9.17) is 5.14 Å². The van der Waals surface area contributed by atoms with Crippen LogP contribution in [0.2, 0.25) is 0 Å². The summed E-state index contributed by atoms with van der Waals surface area (Å²) in [6.07, 6.45) is 0.941. The molecule has 106 valence electrons. The van der Waals surface area contributed by atoms with Crippen LogP contribution in [-0.2, 0) is 14.8 Å². The molecule has 19 heavy (non-hydrogen) atoms. The number of nitrogens with one attached hydrogen (secondary N) is 2. The number of hydrogen-bond acceptors (Lipinski definition) is 4. The van der Waals surface area contributed by atoms with Gasteiger partial charge in [-0.2, -0.15) is 0 Å². The first-order chi connectivity index (χ1) is 8.82. The van der Waals surface area contributed by atoms with Gasteiger partial charge in [0, 0.05) is 11.7 Å². The average Bonchev–Trinajstić information content (AvgIpc) is 2.35. The van der Waals surface area contributed by atoms with Crippen molar-refractivity contribution in [3.05, 3.63) is 24.3 Å². The Balaban J connectivity index is 2.56. The molecule has 7 heteroatoms. The second kappa shape index (κ2) is 6.65. The van der Waals surface area contributed by atoms with E-state index in [1.807, 2.05) is 13.8 Å². The molecule has 1 aromatic carbocycles. The maximum absolute atomic E-state index is 11.6. The molecule has 0 heterocycles. The van der Waals surface area contributed by atoms with E-state index >= 15 is 0 Å². The molecule has 0 saturated heterocycles. The maximum Gasteiger partial charge on any atom is 0.238 e. The highest BCUT2D eigenvalue weighted by atomic mass is 32.2. The predicted molar refractivity (Wildman–Crippen MR) is 74.2 cm³/mol. The number of benzene rings is 1. The van der Waals surface area contributed by atoms with Crippen molar-refractivity contribution in [2.24, 2.45) is 5.14 Å². The number of primary sulfonamides is 1. The highest BCUT2D eigenvalue weighted by Crippen LogP contribution is 2.12. The summed E-state index contributed by atoms with van der Waals surface area (Å²) in [7, 11) is -3.70. The van der Waals surface area contributed by atoms with Gasteiger partial charge in [0.1, 0.15) is 0 Å². The Morgan fingerprint density at radius 1 is 1.32 bits per heavy atom. The van der Waals surface area contributed by atoms with Crippen LogP contribution in [0.4, 0.5) is 5.69 Å². The Bertz CT molecular complexity index is 526. The number of carbonyl (C=O) groups is 1. The second-order valence-electron chi connectivity index (χ2n) is 4.31. The van der Waals surface area contributed by atoms with E-state index in [0.29, 0.717) is 5.69 Å². The molecule has 0 aromatic heterocycles. The van der Waals surface area contributed by atoms with E-state index in [1.165, 1.54) is 24.3 Å². The zero-order chi connectivity index (χ0) is 14.5. The number of hydrogen-bond donors (Lipinski definition) is 3. The van der Waals surface area contributed by atoms with E-state index in [-0.39, 0.29) is 23.4 Å². The lowest BCUT2D eigenvalue weighted by atomic mass is 10.2. The number of sulfonamides is 1. The molecule has 1 aromatic rings. The Morgan fingerprint density at radius 2 is 1.89 bits per heavy atom. The lowest BCUT2D eigenvalue weighted by molar-refractivity contribution is -0.115. The van der Waals surface area contributed by atoms with Crippen molar-refractivity contribution in [3.63, 3.8) is 0 Å². The molecule has 0 spiro atoms. The molecular formula is C12H19N3O3S. The van der Waals surface area contributed by atoms with Gasteiger partial charge in [-0.1, -0.05) is 6.92 Å². The molecule has 1 atom stereocenters. The highest BCUT2D eigenvalue weighted by molar-refractivity contribution is 7.89. The van der Waals surface area contributed by atoms with Gasteiger partial charge >= 0.3 is 0 Å². The molecule has 0 radical (unpaired) electrons. The Hall–Kier alpha value is -1.44. The van der Waals surface area contributed by atoms with Gasteiger partial charge in [0.2, 0.25) is 15.9 Å². The first-order valence-corrected chi connectivity index (χ1v) is 7.53. The van der Waals surface area contributed by atoms with Crippen LogP contribution in [0.1, 0.15) is 20.3 Å². The zero-order valence-corrected chi connectivity index (χ0v) is 11.8. The lowest BCUT2D eigenvalue weighted by Crippen LogP contribution is -2.33. The molecule has 0 saturated carbocycles. The Labute approximate surface area is 113 Å². The molecule has 6 nitrogen and oxygen atoms in total. The Kier molecular flexibility index (Phi) is 5.46. The van der Waals surface area contributed by atoms with E-state index in [1.54, 1.807) is 0 Å². The molecule has 4 N–H and O–H groups in total. The lowest BCUT2D eigenvalue weighted by Gasteiger charge is -2.11. The van der Waals surface area contributed by atoms with Gasteiger partial charge in [0.05, 0.1) is 11.4 Å². The van der Waals surface area contributed by atoms with Crippen molar-refractivity contribution in [2.75, 3.05) is 11.9 Å². The van der Waals surface area contributed by atoms with Crippen molar-refractivity contribution in [3.8, 4) is 0 Å². The summed E-state index contributed by atoms with van der Waals surface area (Å²) >= 11 is 0. The van der Waals surface area contributed by atoms with Crippen LogP contribution in [0.15, 0.2) is 29.2 Å². The van der Waals surface area contributed by atoms with Gasteiger partial charge in [-0.25, -0.2) is 13.6 Å². The SMILES string of the molecule is CC[C@@H](C)NCC(=O)Nc1ccc(S(N)(=O)=O)cc1. The quantitative estimate of drug-likeness (QED) is 0.714. The molecule has 0 unspecified atom stereocenters. The summed E-state index contributed by atoms with van der Waals surface area (Å²) in [5.74, 6) is -0.177.